The van der Waals surface area contributed by atoms with Gasteiger partial charge in [0.2, 0.25) is 0 Å². The minimum atomic E-state index is -0.988. The maximum absolute atomic E-state index is 13.3. The molecule has 8 heteroatoms. The summed E-state index contributed by atoms with van der Waals surface area (Å²) < 4.78 is 15.3. The predicted octanol–water partition coefficient (Wildman–Crippen LogP) is 2.73. The number of nitrogens with one attached hydrogen (secondary N) is 2. The molecule has 4 rings (SSSR count). The van der Waals surface area contributed by atoms with Gasteiger partial charge in [-0.25, -0.2) is 14.4 Å². The van der Waals surface area contributed by atoms with Gasteiger partial charge in [-0.1, -0.05) is 30.3 Å². The normalized spacial score (nSPS) is 12.3. The Balaban J connectivity index is 1.44. The van der Waals surface area contributed by atoms with Crippen molar-refractivity contribution in [1.29, 1.82) is 0 Å². The van der Waals surface area contributed by atoms with E-state index >= 15 is 0 Å². The maximum Gasteiger partial charge on any atom is 0.321 e. The van der Waals surface area contributed by atoms with E-state index in [0.29, 0.717) is 29.9 Å². The highest BCUT2D eigenvalue weighted by Gasteiger charge is 2.20. The Bertz CT molecular complexity index is 1120. The molecule has 2 aromatic carbocycles. The summed E-state index contributed by atoms with van der Waals surface area (Å²) >= 11 is 0. The van der Waals surface area contributed by atoms with Crippen LogP contribution < -0.4 is 5.32 Å². The number of aromatic amines is 1. The van der Waals surface area contributed by atoms with Crippen molar-refractivity contribution >= 4 is 17.0 Å². The molecule has 29 heavy (non-hydrogen) atoms. The third-order valence-electron chi connectivity index (χ3n) is 4.69. The van der Waals surface area contributed by atoms with Crippen molar-refractivity contribution in [2.75, 3.05) is 0 Å². The topological polar surface area (TPSA) is 95.8 Å². The van der Waals surface area contributed by atoms with Crippen LogP contribution in [0.25, 0.3) is 11.0 Å². The molecular weight excluding hydrogens is 373 g/mol. The zero-order chi connectivity index (χ0) is 20.2. The third kappa shape index (κ3) is 4.49. The Labute approximate surface area is 166 Å². The molecule has 148 valence electrons. The van der Waals surface area contributed by atoms with Gasteiger partial charge in [0, 0.05) is 25.4 Å². The standard InChI is InChI=1S/C21H20FN5O2/c22-15-6-7-16-17(10-15)26-19(25-16)11-18(21(28)29)24-12-20-23-8-9-27(20)13-14-4-2-1-3-5-14/h1-10,18,24H,11-13H2,(H,25,26)(H,28,29)/t18-/m1/s1. The molecule has 0 fully saturated rings. The lowest BCUT2D eigenvalue weighted by Gasteiger charge is -2.14. The molecule has 0 radical (unpaired) electrons. The number of aromatic nitrogens is 4. The van der Waals surface area contributed by atoms with Gasteiger partial charge in [0.1, 0.15) is 23.5 Å². The van der Waals surface area contributed by atoms with Crippen molar-refractivity contribution in [2.45, 2.75) is 25.6 Å². The number of aliphatic carboxylic acids is 1. The van der Waals surface area contributed by atoms with E-state index in [1.807, 2.05) is 41.1 Å². The van der Waals surface area contributed by atoms with E-state index in [0.717, 1.165) is 11.4 Å². The van der Waals surface area contributed by atoms with E-state index in [2.05, 4.69) is 20.3 Å². The number of hydrogen-bond donors (Lipinski definition) is 3. The van der Waals surface area contributed by atoms with Crippen molar-refractivity contribution in [3.8, 4) is 0 Å². The van der Waals surface area contributed by atoms with Gasteiger partial charge in [-0.05, 0) is 23.8 Å². The number of rotatable bonds is 8. The number of halogens is 1. The number of benzene rings is 2. The van der Waals surface area contributed by atoms with Crippen molar-refractivity contribution < 1.29 is 14.3 Å². The highest BCUT2D eigenvalue weighted by atomic mass is 19.1. The summed E-state index contributed by atoms with van der Waals surface area (Å²) in [6.45, 7) is 0.955. The van der Waals surface area contributed by atoms with E-state index < -0.39 is 12.0 Å². The molecular formula is C21H20FN5O2. The van der Waals surface area contributed by atoms with Gasteiger partial charge in [-0.15, -0.1) is 0 Å². The highest BCUT2D eigenvalue weighted by molar-refractivity contribution is 5.76. The number of carbonyl (C=O) groups is 1. The third-order valence-corrected chi connectivity index (χ3v) is 4.69. The first-order chi connectivity index (χ1) is 14.1. The Morgan fingerprint density at radius 3 is 2.86 bits per heavy atom. The second kappa shape index (κ2) is 8.24. The molecule has 3 N–H and O–H groups in total. The predicted molar refractivity (Wildman–Crippen MR) is 106 cm³/mol. The van der Waals surface area contributed by atoms with Crippen molar-refractivity contribution in [1.82, 2.24) is 24.8 Å². The number of H-pyrrole nitrogens is 1. The first-order valence-electron chi connectivity index (χ1n) is 9.23. The monoisotopic (exact) mass is 393 g/mol. The molecule has 4 aromatic rings. The van der Waals surface area contributed by atoms with E-state index in [1.54, 1.807) is 12.3 Å². The van der Waals surface area contributed by atoms with Crippen LogP contribution in [0.15, 0.2) is 60.9 Å². The molecule has 0 amide bonds. The largest absolute Gasteiger partial charge is 0.480 e. The fourth-order valence-electron chi connectivity index (χ4n) is 3.22. The van der Waals surface area contributed by atoms with E-state index in [4.69, 9.17) is 0 Å². The number of fused-ring (bicyclic) bond motifs is 1. The van der Waals surface area contributed by atoms with Crippen molar-refractivity contribution in [3.63, 3.8) is 0 Å². The van der Waals surface area contributed by atoms with Gasteiger partial charge in [-0.2, -0.15) is 0 Å². The van der Waals surface area contributed by atoms with Gasteiger partial charge >= 0.3 is 5.97 Å². The van der Waals surface area contributed by atoms with Gasteiger partial charge in [0.05, 0.1) is 17.6 Å². The maximum atomic E-state index is 13.3. The minimum absolute atomic E-state index is 0.144. The molecule has 0 aliphatic carbocycles. The number of nitrogens with zero attached hydrogens (tertiary/aromatic N) is 3. The summed E-state index contributed by atoms with van der Waals surface area (Å²) in [6.07, 6.45) is 3.71. The second-order valence-electron chi connectivity index (χ2n) is 6.78. The fraction of sp³-hybridized carbons (Fsp3) is 0.190. The molecule has 0 bridgehead atoms. The van der Waals surface area contributed by atoms with Crippen LogP contribution in [0.4, 0.5) is 4.39 Å². The summed E-state index contributed by atoms with van der Waals surface area (Å²) in [7, 11) is 0. The van der Waals surface area contributed by atoms with Gasteiger partial charge in [0.15, 0.2) is 0 Å². The molecule has 0 aliphatic rings. The number of carboxylic acid groups (broad SMARTS) is 1. The fourth-order valence-corrected chi connectivity index (χ4v) is 3.22. The SMILES string of the molecule is O=C(O)[C@@H](Cc1nc2ccc(F)cc2[nH]1)NCc1nccn1Cc1ccccc1. The Hall–Kier alpha value is -3.52. The molecule has 7 nitrogen and oxygen atoms in total. The molecule has 0 saturated carbocycles. The molecule has 0 spiro atoms. The van der Waals surface area contributed by atoms with Crippen LogP contribution in [0.3, 0.4) is 0 Å². The first-order valence-corrected chi connectivity index (χ1v) is 9.23. The molecule has 0 aliphatic heterocycles. The molecule has 0 unspecified atom stereocenters. The van der Waals surface area contributed by atoms with E-state index in [9.17, 15) is 14.3 Å². The van der Waals surface area contributed by atoms with Gasteiger partial charge in [-0.3, -0.25) is 10.1 Å². The molecule has 1 atom stereocenters. The van der Waals surface area contributed by atoms with Crippen LogP contribution in [-0.4, -0.2) is 36.6 Å². The summed E-state index contributed by atoms with van der Waals surface area (Å²) in [5, 5.41) is 12.6. The van der Waals surface area contributed by atoms with Crippen LogP contribution in [0.1, 0.15) is 17.2 Å². The minimum Gasteiger partial charge on any atom is -0.480 e. The van der Waals surface area contributed by atoms with Crippen LogP contribution in [0.2, 0.25) is 0 Å². The second-order valence-corrected chi connectivity index (χ2v) is 6.78. The molecule has 0 saturated heterocycles. The smallest absolute Gasteiger partial charge is 0.321 e. The average molecular weight is 393 g/mol. The van der Waals surface area contributed by atoms with Crippen molar-refractivity contribution in [3.05, 3.63) is 84.0 Å². The summed E-state index contributed by atoms with van der Waals surface area (Å²) in [6, 6.07) is 13.3. The Kier molecular flexibility index (Phi) is 5.35. The Morgan fingerprint density at radius 1 is 1.24 bits per heavy atom. The lowest BCUT2D eigenvalue weighted by molar-refractivity contribution is -0.139. The molecule has 2 aromatic heterocycles. The number of hydrogen-bond acceptors (Lipinski definition) is 4. The van der Waals surface area contributed by atoms with Crippen LogP contribution in [0, 0.1) is 5.82 Å². The van der Waals surface area contributed by atoms with Crippen LogP contribution in [0.5, 0.6) is 0 Å². The average Bonchev–Trinajstić information content (AvgIpc) is 3.31. The lowest BCUT2D eigenvalue weighted by atomic mass is 10.2. The van der Waals surface area contributed by atoms with Crippen LogP contribution >= 0.6 is 0 Å². The molecule has 2 heterocycles. The van der Waals surface area contributed by atoms with Gasteiger partial charge in [0.25, 0.3) is 0 Å². The summed E-state index contributed by atoms with van der Waals surface area (Å²) in [5.41, 5.74) is 2.28. The number of imidazole rings is 2. The summed E-state index contributed by atoms with van der Waals surface area (Å²) in [5.74, 6) is -0.131. The zero-order valence-electron chi connectivity index (χ0n) is 15.5. The van der Waals surface area contributed by atoms with Crippen molar-refractivity contribution in [2.24, 2.45) is 0 Å². The lowest BCUT2D eigenvalue weighted by Crippen LogP contribution is -2.39. The first kappa shape index (κ1) is 18.8. The van der Waals surface area contributed by atoms with E-state index in [1.165, 1.54) is 12.1 Å². The summed E-state index contributed by atoms with van der Waals surface area (Å²) in [4.78, 5) is 23.4. The quantitative estimate of drug-likeness (QED) is 0.428. The van der Waals surface area contributed by atoms with Gasteiger partial charge < -0.3 is 14.7 Å². The highest BCUT2D eigenvalue weighted by Crippen LogP contribution is 2.14. The van der Waals surface area contributed by atoms with Crippen LogP contribution in [-0.2, 0) is 24.3 Å². The number of carboxylic acids is 1. The van der Waals surface area contributed by atoms with E-state index in [-0.39, 0.29) is 12.2 Å². The Morgan fingerprint density at radius 2 is 2.07 bits per heavy atom. The zero-order valence-corrected chi connectivity index (χ0v) is 15.5.